The van der Waals surface area contributed by atoms with Gasteiger partial charge in [-0.25, -0.2) is 0 Å². The fraction of sp³-hybridized carbons (Fsp3) is 0.417. The molecule has 0 fully saturated rings. The van der Waals surface area contributed by atoms with Crippen LogP contribution in [0.5, 0.6) is 17.2 Å². The summed E-state index contributed by atoms with van der Waals surface area (Å²) < 4.78 is 16.2. The van der Waals surface area contributed by atoms with Gasteiger partial charge in [0.05, 0.1) is 14.2 Å². The fourth-order valence-electron chi connectivity index (χ4n) is 2.99. The number of unbranched alkanes of at least 4 members (excludes halogenated alkanes) is 1. The normalized spacial score (nSPS) is 11.4. The van der Waals surface area contributed by atoms with E-state index >= 15 is 0 Å². The number of ether oxygens (including phenoxy) is 3. The highest BCUT2D eigenvalue weighted by molar-refractivity contribution is 5.87. The molecule has 2 amide bonds. The van der Waals surface area contributed by atoms with Gasteiger partial charge in [0, 0.05) is 31.3 Å². The maximum atomic E-state index is 13.1. The standard InChI is InChI=1S/C24H32N2O5/c1-5-6-12-25-24(28)18(2)26(16-19-10-8-7-9-11-19)23(27)17-31-22-14-20(29-3)13-21(15-22)30-4/h7-11,13-15,18H,5-6,12,16-17H2,1-4H3,(H,25,28)/t18-/m0/s1. The first kappa shape index (κ1) is 24.1. The smallest absolute Gasteiger partial charge is 0.261 e. The fourth-order valence-corrected chi connectivity index (χ4v) is 2.99. The van der Waals surface area contributed by atoms with Gasteiger partial charge in [-0.05, 0) is 18.9 Å². The van der Waals surface area contributed by atoms with Crippen LogP contribution in [0.4, 0.5) is 0 Å². The molecule has 1 N–H and O–H groups in total. The Balaban J connectivity index is 2.12. The second-order valence-corrected chi connectivity index (χ2v) is 7.16. The van der Waals surface area contributed by atoms with Gasteiger partial charge in [-0.1, -0.05) is 43.7 Å². The topological polar surface area (TPSA) is 77.1 Å². The molecule has 0 aliphatic carbocycles. The first-order valence-electron chi connectivity index (χ1n) is 10.5. The van der Waals surface area contributed by atoms with E-state index in [4.69, 9.17) is 14.2 Å². The van der Waals surface area contributed by atoms with Gasteiger partial charge in [0.25, 0.3) is 5.91 Å². The number of benzene rings is 2. The van der Waals surface area contributed by atoms with Crippen molar-refractivity contribution in [3.8, 4) is 17.2 Å². The summed E-state index contributed by atoms with van der Waals surface area (Å²) in [6.07, 6.45) is 1.88. The van der Waals surface area contributed by atoms with Crippen molar-refractivity contribution in [2.45, 2.75) is 39.3 Å². The van der Waals surface area contributed by atoms with E-state index in [2.05, 4.69) is 12.2 Å². The summed E-state index contributed by atoms with van der Waals surface area (Å²) in [7, 11) is 3.09. The Hall–Kier alpha value is -3.22. The zero-order valence-corrected chi connectivity index (χ0v) is 18.7. The number of carbonyl (C=O) groups is 2. The van der Waals surface area contributed by atoms with Crippen molar-refractivity contribution in [2.75, 3.05) is 27.4 Å². The van der Waals surface area contributed by atoms with Gasteiger partial charge in [0.1, 0.15) is 23.3 Å². The summed E-state index contributed by atoms with van der Waals surface area (Å²) in [5.74, 6) is 1.10. The molecular weight excluding hydrogens is 396 g/mol. The van der Waals surface area contributed by atoms with Crippen LogP contribution in [0.25, 0.3) is 0 Å². The van der Waals surface area contributed by atoms with Crippen LogP contribution in [-0.4, -0.2) is 50.1 Å². The molecule has 7 heteroatoms. The van der Waals surface area contributed by atoms with Crippen molar-refractivity contribution in [1.29, 1.82) is 0 Å². The van der Waals surface area contributed by atoms with Crippen LogP contribution < -0.4 is 19.5 Å². The van der Waals surface area contributed by atoms with Crippen molar-refractivity contribution in [3.63, 3.8) is 0 Å². The minimum absolute atomic E-state index is 0.180. The van der Waals surface area contributed by atoms with Crippen molar-refractivity contribution >= 4 is 11.8 Å². The number of nitrogens with one attached hydrogen (secondary N) is 1. The van der Waals surface area contributed by atoms with Gasteiger partial charge in [-0.15, -0.1) is 0 Å². The number of methoxy groups -OCH3 is 2. The monoisotopic (exact) mass is 428 g/mol. The summed E-state index contributed by atoms with van der Waals surface area (Å²) >= 11 is 0. The highest BCUT2D eigenvalue weighted by Gasteiger charge is 2.26. The predicted molar refractivity (Wildman–Crippen MR) is 119 cm³/mol. The Bertz CT molecular complexity index is 819. The van der Waals surface area contributed by atoms with E-state index < -0.39 is 6.04 Å². The third kappa shape index (κ3) is 7.51. The van der Waals surface area contributed by atoms with Crippen molar-refractivity contribution in [1.82, 2.24) is 10.2 Å². The summed E-state index contributed by atoms with van der Waals surface area (Å²) in [6, 6.07) is 14.0. The molecule has 1 atom stereocenters. The Morgan fingerprint density at radius 1 is 1.00 bits per heavy atom. The molecule has 0 aliphatic rings. The van der Waals surface area contributed by atoms with E-state index in [0.717, 1.165) is 18.4 Å². The molecular formula is C24H32N2O5. The van der Waals surface area contributed by atoms with Crippen molar-refractivity contribution < 1.29 is 23.8 Å². The molecule has 2 aromatic rings. The van der Waals surface area contributed by atoms with Crippen LogP contribution in [0, 0.1) is 0 Å². The lowest BCUT2D eigenvalue weighted by molar-refractivity contribution is -0.142. The Morgan fingerprint density at radius 2 is 1.61 bits per heavy atom. The van der Waals surface area contributed by atoms with Crippen LogP contribution in [0.15, 0.2) is 48.5 Å². The minimum atomic E-state index is -0.631. The molecule has 0 heterocycles. The number of carbonyl (C=O) groups excluding carboxylic acids is 2. The third-order valence-corrected chi connectivity index (χ3v) is 4.88. The predicted octanol–water partition coefficient (Wildman–Crippen LogP) is 3.42. The SMILES string of the molecule is CCCCNC(=O)[C@H](C)N(Cc1ccccc1)C(=O)COc1cc(OC)cc(OC)c1. The van der Waals surface area contributed by atoms with E-state index in [1.54, 1.807) is 39.3 Å². The molecule has 0 aromatic heterocycles. The molecule has 2 aromatic carbocycles. The van der Waals surface area contributed by atoms with Crippen LogP contribution >= 0.6 is 0 Å². The van der Waals surface area contributed by atoms with Crippen LogP contribution in [0.1, 0.15) is 32.3 Å². The lowest BCUT2D eigenvalue weighted by atomic mass is 10.1. The third-order valence-electron chi connectivity index (χ3n) is 4.88. The zero-order valence-electron chi connectivity index (χ0n) is 18.7. The molecule has 2 rings (SSSR count). The number of hydrogen-bond donors (Lipinski definition) is 1. The molecule has 0 aliphatic heterocycles. The van der Waals surface area contributed by atoms with E-state index in [-0.39, 0.29) is 18.4 Å². The first-order chi connectivity index (χ1) is 15.0. The second-order valence-electron chi connectivity index (χ2n) is 7.16. The molecule has 0 radical (unpaired) electrons. The highest BCUT2D eigenvalue weighted by atomic mass is 16.5. The molecule has 0 unspecified atom stereocenters. The van der Waals surface area contributed by atoms with Crippen LogP contribution in [-0.2, 0) is 16.1 Å². The molecule has 0 saturated carbocycles. The minimum Gasteiger partial charge on any atom is -0.496 e. The van der Waals surface area contributed by atoms with E-state index in [1.807, 2.05) is 30.3 Å². The van der Waals surface area contributed by atoms with Crippen molar-refractivity contribution in [2.24, 2.45) is 0 Å². The average molecular weight is 429 g/mol. The number of hydrogen-bond acceptors (Lipinski definition) is 5. The van der Waals surface area contributed by atoms with Gasteiger partial charge < -0.3 is 24.4 Å². The van der Waals surface area contributed by atoms with Gasteiger partial charge in [-0.2, -0.15) is 0 Å². The maximum absolute atomic E-state index is 13.1. The summed E-state index contributed by atoms with van der Waals surface area (Å²) in [5, 5.41) is 2.90. The largest absolute Gasteiger partial charge is 0.496 e. The molecule has 168 valence electrons. The van der Waals surface area contributed by atoms with Crippen LogP contribution in [0.3, 0.4) is 0 Å². The lowest BCUT2D eigenvalue weighted by Gasteiger charge is -2.28. The first-order valence-corrected chi connectivity index (χ1v) is 10.5. The van der Waals surface area contributed by atoms with E-state index in [0.29, 0.717) is 30.3 Å². The summed E-state index contributed by atoms with van der Waals surface area (Å²) in [6.45, 7) is 4.48. The zero-order chi connectivity index (χ0) is 22.6. The van der Waals surface area contributed by atoms with Gasteiger partial charge in [-0.3, -0.25) is 9.59 Å². The van der Waals surface area contributed by atoms with E-state index in [1.165, 1.54) is 4.90 Å². The number of rotatable bonds is 12. The lowest BCUT2D eigenvalue weighted by Crippen LogP contribution is -2.49. The summed E-state index contributed by atoms with van der Waals surface area (Å²) in [4.78, 5) is 27.2. The highest BCUT2D eigenvalue weighted by Crippen LogP contribution is 2.27. The maximum Gasteiger partial charge on any atom is 0.261 e. The second kappa shape index (κ2) is 12.5. The van der Waals surface area contributed by atoms with Crippen molar-refractivity contribution in [3.05, 3.63) is 54.1 Å². The van der Waals surface area contributed by atoms with Crippen LogP contribution in [0.2, 0.25) is 0 Å². The molecule has 7 nitrogen and oxygen atoms in total. The van der Waals surface area contributed by atoms with Gasteiger partial charge in [0.15, 0.2) is 6.61 Å². The molecule has 0 bridgehead atoms. The Kier molecular flexibility index (Phi) is 9.68. The molecule has 0 saturated heterocycles. The molecule has 31 heavy (non-hydrogen) atoms. The Morgan fingerprint density at radius 3 is 2.19 bits per heavy atom. The number of amides is 2. The Labute approximate surface area is 184 Å². The quantitative estimate of drug-likeness (QED) is 0.524. The van der Waals surface area contributed by atoms with Gasteiger partial charge >= 0.3 is 0 Å². The summed E-state index contributed by atoms with van der Waals surface area (Å²) in [5.41, 5.74) is 0.937. The molecule has 0 spiro atoms. The van der Waals surface area contributed by atoms with E-state index in [9.17, 15) is 9.59 Å². The average Bonchev–Trinajstić information content (AvgIpc) is 2.80. The van der Waals surface area contributed by atoms with Gasteiger partial charge in [0.2, 0.25) is 5.91 Å². The number of nitrogens with zero attached hydrogens (tertiary/aromatic N) is 1.